The van der Waals surface area contributed by atoms with Crippen LogP contribution in [0.2, 0.25) is 0 Å². The number of anilines is 1. The van der Waals surface area contributed by atoms with Crippen LogP contribution in [-0.2, 0) is 0 Å². The molecule has 1 aliphatic heterocycles. The Morgan fingerprint density at radius 1 is 1.12 bits per heavy atom. The predicted octanol–water partition coefficient (Wildman–Crippen LogP) is 3.86. The molecule has 2 aliphatic rings. The minimum Gasteiger partial charge on any atom is -0.370 e. The van der Waals surface area contributed by atoms with Crippen molar-refractivity contribution >= 4 is 21.6 Å². The number of rotatable bonds is 1. The summed E-state index contributed by atoms with van der Waals surface area (Å²) in [7, 11) is 0. The molecule has 2 atom stereocenters. The molecule has 2 nitrogen and oxygen atoms in total. The van der Waals surface area contributed by atoms with Crippen molar-refractivity contribution in [1.29, 1.82) is 0 Å². The summed E-state index contributed by atoms with van der Waals surface area (Å²) < 4.78 is 1.08. The highest BCUT2D eigenvalue weighted by Gasteiger charge is 2.31. The van der Waals surface area contributed by atoms with Crippen LogP contribution in [-0.4, -0.2) is 18.1 Å². The summed E-state index contributed by atoms with van der Waals surface area (Å²) in [6.45, 7) is 2.45. The van der Waals surface area contributed by atoms with Crippen molar-refractivity contribution in [3.05, 3.63) is 22.9 Å². The van der Waals surface area contributed by atoms with Crippen LogP contribution < -0.4 is 4.90 Å². The highest BCUT2D eigenvalue weighted by Crippen LogP contribution is 2.37. The average Bonchev–Trinajstić information content (AvgIpc) is 2.38. The van der Waals surface area contributed by atoms with Gasteiger partial charge in [0.15, 0.2) is 0 Å². The molecule has 0 radical (unpaired) electrons. The number of halogens is 1. The van der Waals surface area contributed by atoms with E-state index in [9.17, 15) is 0 Å². The lowest BCUT2D eigenvalue weighted by Gasteiger charge is -2.42. The molecule has 0 amide bonds. The van der Waals surface area contributed by atoms with Crippen LogP contribution in [0.15, 0.2) is 22.9 Å². The molecule has 1 aromatic rings. The Morgan fingerprint density at radius 2 is 1.94 bits per heavy atom. The van der Waals surface area contributed by atoms with E-state index < -0.39 is 0 Å². The fourth-order valence-electron chi connectivity index (χ4n) is 3.41. The Bertz CT molecular complexity index is 394. The minimum absolute atomic E-state index is 0.927. The van der Waals surface area contributed by atoms with E-state index in [1.54, 1.807) is 0 Å². The quantitative estimate of drug-likeness (QED) is 0.782. The van der Waals surface area contributed by atoms with E-state index in [2.05, 4.69) is 31.9 Å². The zero-order chi connectivity index (χ0) is 11.7. The van der Waals surface area contributed by atoms with Crippen molar-refractivity contribution in [3.63, 3.8) is 0 Å². The van der Waals surface area contributed by atoms with Crippen LogP contribution in [0.3, 0.4) is 0 Å². The van der Waals surface area contributed by atoms with Crippen LogP contribution in [0.5, 0.6) is 0 Å². The predicted molar refractivity (Wildman–Crippen MR) is 74.2 cm³/mol. The molecule has 0 bridgehead atoms. The standard InChI is InChI=1S/C14H19BrN2/c15-13-7-14(9-16-8-13)17-6-5-11-3-1-2-4-12(11)10-17/h7-9,11-12H,1-6,10H2. The van der Waals surface area contributed by atoms with Gasteiger partial charge in [-0.1, -0.05) is 19.3 Å². The Labute approximate surface area is 112 Å². The Balaban J connectivity index is 1.73. The van der Waals surface area contributed by atoms with Crippen LogP contribution in [0.4, 0.5) is 5.69 Å². The lowest BCUT2D eigenvalue weighted by Crippen LogP contribution is -2.41. The maximum atomic E-state index is 4.27. The first-order valence-electron chi connectivity index (χ1n) is 6.68. The molecule has 2 fully saturated rings. The summed E-state index contributed by atoms with van der Waals surface area (Å²) in [5.41, 5.74) is 1.28. The van der Waals surface area contributed by atoms with Gasteiger partial charge in [-0.05, 0) is 46.7 Å². The minimum atomic E-state index is 0.927. The molecule has 1 aliphatic carbocycles. The second-order valence-electron chi connectivity index (χ2n) is 5.40. The van der Waals surface area contributed by atoms with Gasteiger partial charge in [0.05, 0.1) is 11.9 Å². The van der Waals surface area contributed by atoms with Gasteiger partial charge in [0, 0.05) is 23.8 Å². The van der Waals surface area contributed by atoms with E-state index in [0.717, 1.165) is 16.3 Å². The van der Waals surface area contributed by atoms with Gasteiger partial charge in [0.2, 0.25) is 0 Å². The molecule has 1 saturated carbocycles. The van der Waals surface area contributed by atoms with Gasteiger partial charge in [-0.15, -0.1) is 0 Å². The van der Waals surface area contributed by atoms with Gasteiger partial charge in [-0.2, -0.15) is 0 Å². The summed E-state index contributed by atoms with van der Waals surface area (Å²) in [5.74, 6) is 1.93. The average molecular weight is 295 g/mol. The number of piperidine rings is 1. The van der Waals surface area contributed by atoms with E-state index in [4.69, 9.17) is 0 Å². The van der Waals surface area contributed by atoms with Crippen molar-refractivity contribution in [1.82, 2.24) is 4.98 Å². The van der Waals surface area contributed by atoms with Gasteiger partial charge in [0.25, 0.3) is 0 Å². The van der Waals surface area contributed by atoms with Gasteiger partial charge in [-0.3, -0.25) is 4.98 Å². The monoisotopic (exact) mass is 294 g/mol. The molecule has 0 spiro atoms. The Hall–Kier alpha value is -0.570. The van der Waals surface area contributed by atoms with E-state index in [1.165, 1.54) is 50.9 Å². The molecule has 1 aromatic heterocycles. The van der Waals surface area contributed by atoms with Crippen LogP contribution in [0, 0.1) is 11.8 Å². The second-order valence-corrected chi connectivity index (χ2v) is 6.32. The number of hydrogen-bond donors (Lipinski definition) is 0. The third-order valence-electron chi connectivity index (χ3n) is 4.35. The summed E-state index contributed by atoms with van der Waals surface area (Å²) >= 11 is 3.51. The summed E-state index contributed by atoms with van der Waals surface area (Å²) in [4.78, 5) is 6.79. The highest BCUT2D eigenvalue weighted by molar-refractivity contribution is 9.10. The third kappa shape index (κ3) is 2.49. The van der Waals surface area contributed by atoms with E-state index in [0.29, 0.717) is 0 Å². The number of hydrogen-bond acceptors (Lipinski definition) is 2. The number of pyridine rings is 1. The zero-order valence-corrected chi connectivity index (χ0v) is 11.7. The van der Waals surface area contributed by atoms with Crippen LogP contribution >= 0.6 is 15.9 Å². The fraction of sp³-hybridized carbons (Fsp3) is 0.643. The molecular formula is C14H19BrN2. The Morgan fingerprint density at radius 3 is 2.76 bits per heavy atom. The topological polar surface area (TPSA) is 16.1 Å². The maximum absolute atomic E-state index is 4.27. The first-order chi connectivity index (χ1) is 8.33. The van der Waals surface area contributed by atoms with E-state index >= 15 is 0 Å². The molecule has 2 unspecified atom stereocenters. The molecule has 3 heteroatoms. The van der Waals surface area contributed by atoms with Gasteiger partial charge >= 0.3 is 0 Å². The molecule has 2 heterocycles. The molecule has 0 aromatic carbocycles. The zero-order valence-electron chi connectivity index (χ0n) is 10.1. The Kier molecular flexibility index (Phi) is 3.37. The largest absolute Gasteiger partial charge is 0.370 e. The normalized spacial score (nSPS) is 28.9. The van der Waals surface area contributed by atoms with Gasteiger partial charge in [-0.25, -0.2) is 0 Å². The van der Waals surface area contributed by atoms with Crippen LogP contribution in [0.1, 0.15) is 32.1 Å². The molecular weight excluding hydrogens is 276 g/mol. The lowest BCUT2D eigenvalue weighted by atomic mass is 9.75. The molecule has 3 rings (SSSR count). The smallest absolute Gasteiger partial charge is 0.0564 e. The summed E-state index contributed by atoms with van der Waals surface area (Å²) in [5, 5.41) is 0. The van der Waals surface area contributed by atoms with Crippen molar-refractivity contribution < 1.29 is 0 Å². The molecule has 17 heavy (non-hydrogen) atoms. The van der Waals surface area contributed by atoms with Crippen LogP contribution in [0.25, 0.3) is 0 Å². The second kappa shape index (κ2) is 4.97. The molecule has 92 valence electrons. The van der Waals surface area contributed by atoms with E-state index in [-0.39, 0.29) is 0 Å². The van der Waals surface area contributed by atoms with Crippen molar-refractivity contribution in [2.75, 3.05) is 18.0 Å². The van der Waals surface area contributed by atoms with Crippen molar-refractivity contribution in [2.45, 2.75) is 32.1 Å². The number of aromatic nitrogens is 1. The number of nitrogens with zero attached hydrogens (tertiary/aromatic N) is 2. The highest BCUT2D eigenvalue weighted by atomic mass is 79.9. The summed E-state index contributed by atoms with van der Waals surface area (Å²) in [6.07, 6.45) is 11.0. The van der Waals surface area contributed by atoms with Crippen molar-refractivity contribution in [2.24, 2.45) is 11.8 Å². The lowest BCUT2D eigenvalue weighted by molar-refractivity contribution is 0.202. The van der Waals surface area contributed by atoms with Gasteiger partial charge < -0.3 is 4.90 Å². The SMILES string of the molecule is Brc1cncc(N2CCC3CCCCC3C2)c1. The molecule has 1 saturated heterocycles. The summed E-state index contributed by atoms with van der Waals surface area (Å²) in [6, 6.07) is 2.19. The van der Waals surface area contributed by atoms with Crippen molar-refractivity contribution in [3.8, 4) is 0 Å². The first kappa shape index (κ1) is 11.5. The van der Waals surface area contributed by atoms with E-state index in [1.807, 2.05) is 12.4 Å². The third-order valence-corrected chi connectivity index (χ3v) is 4.78. The number of fused-ring (bicyclic) bond motifs is 1. The molecule has 0 N–H and O–H groups in total. The fourth-order valence-corrected chi connectivity index (χ4v) is 3.76. The maximum Gasteiger partial charge on any atom is 0.0564 e. The van der Waals surface area contributed by atoms with Gasteiger partial charge in [0.1, 0.15) is 0 Å². The first-order valence-corrected chi connectivity index (χ1v) is 7.48.